The van der Waals surface area contributed by atoms with Crippen molar-refractivity contribution >= 4 is 16.7 Å². The highest BCUT2D eigenvalue weighted by Gasteiger charge is 2.29. The Morgan fingerprint density at radius 1 is 1.18 bits per heavy atom. The average molecular weight is 311 g/mol. The molecule has 1 atom stereocenters. The Kier molecular flexibility index (Phi) is 4.59. The maximum atomic E-state index is 12.1. The second kappa shape index (κ2) is 6.25. The van der Waals surface area contributed by atoms with Crippen molar-refractivity contribution in [1.82, 2.24) is 5.32 Å². The largest absolute Gasteiger partial charge is 0.497 e. The molecule has 2 aromatic carbocycles. The van der Waals surface area contributed by atoms with Crippen molar-refractivity contribution in [3.05, 3.63) is 42.0 Å². The number of amides is 1. The summed E-state index contributed by atoms with van der Waals surface area (Å²) in [7, 11) is 1.57. The monoisotopic (exact) mass is 311 g/mol. The average Bonchev–Trinajstić information content (AvgIpc) is 2.50. The van der Waals surface area contributed by atoms with Crippen LogP contribution in [0.25, 0.3) is 10.8 Å². The summed E-state index contributed by atoms with van der Waals surface area (Å²) in [5.74, 6) is -0.588. The molecule has 0 aliphatic heterocycles. The summed E-state index contributed by atoms with van der Waals surface area (Å²) < 4.78 is 41.5. The zero-order chi connectivity index (χ0) is 16.3. The lowest BCUT2D eigenvalue weighted by Crippen LogP contribution is -2.36. The van der Waals surface area contributed by atoms with Gasteiger partial charge in [-0.3, -0.25) is 4.79 Å². The third-order valence-electron chi connectivity index (χ3n) is 3.43. The van der Waals surface area contributed by atoms with Gasteiger partial charge in [-0.15, -0.1) is 0 Å². The van der Waals surface area contributed by atoms with E-state index in [9.17, 15) is 18.0 Å². The molecule has 1 amide bonds. The van der Waals surface area contributed by atoms with Gasteiger partial charge in [0.15, 0.2) is 0 Å². The molecule has 0 spiro atoms. The molecule has 0 aliphatic rings. The second-order valence-electron chi connectivity index (χ2n) is 5.03. The predicted octanol–water partition coefficient (Wildman–Crippen LogP) is 3.63. The first kappa shape index (κ1) is 16.1. The van der Waals surface area contributed by atoms with Crippen LogP contribution in [0.5, 0.6) is 5.75 Å². The van der Waals surface area contributed by atoms with E-state index in [2.05, 4.69) is 0 Å². The molecular formula is C16H16F3NO2. The zero-order valence-electron chi connectivity index (χ0n) is 12.2. The SMILES string of the molecule is COc1ccc2cc([C@H](C)C(=O)NCC(F)(F)F)ccc2c1. The van der Waals surface area contributed by atoms with Gasteiger partial charge in [-0.2, -0.15) is 13.2 Å². The van der Waals surface area contributed by atoms with Gasteiger partial charge in [0, 0.05) is 0 Å². The van der Waals surface area contributed by atoms with Crippen LogP contribution < -0.4 is 10.1 Å². The van der Waals surface area contributed by atoms with E-state index in [1.54, 1.807) is 32.2 Å². The van der Waals surface area contributed by atoms with Crippen molar-refractivity contribution in [2.24, 2.45) is 0 Å². The minimum Gasteiger partial charge on any atom is -0.497 e. The summed E-state index contributed by atoms with van der Waals surface area (Å²) >= 11 is 0. The number of alkyl halides is 3. The van der Waals surface area contributed by atoms with Gasteiger partial charge < -0.3 is 10.1 Å². The quantitative estimate of drug-likeness (QED) is 0.936. The third-order valence-corrected chi connectivity index (χ3v) is 3.43. The third kappa shape index (κ3) is 3.90. The molecule has 0 unspecified atom stereocenters. The van der Waals surface area contributed by atoms with Gasteiger partial charge >= 0.3 is 6.18 Å². The van der Waals surface area contributed by atoms with Crippen molar-refractivity contribution in [2.45, 2.75) is 19.0 Å². The van der Waals surface area contributed by atoms with Crippen molar-refractivity contribution in [3.63, 3.8) is 0 Å². The highest BCUT2D eigenvalue weighted by molar-refractivity contribution is 5.88. The summed E-state index contributed by atoms with van der Waals surface area (Å²) in [6.07, 6.45) is -4.41. The first-order valence-electron chi connectivity index (χ1n) is 6.72. The van der Waals surface area contributed by atoms with E-state index in [4.69, 9.17) is 4.74 Å². The number of carbonyl (C=O) groups is 1. The van der Waals surface area contributed by atoms with Gasteiger partial charge in [-0.1, -0.05) is 24.3 Å². The van der Waals surface area contributed by atoms with Crippen LogP contribution in [0.2, 0.25) is 0 Å². The Hall–Kier alpha value is -2.24. The molecule has 0 saturated carbocycles. The Bertz CT molecular complexity index is 683. The molecule has 22 heavy (non-hydrogen) atoms. The van der Waals surface area contributed by atoms with E-state index >= 15 is 0 Å². The minimum atomic E-state index is -4.41. The van der Waals surface area contributed by atoms with Crippen molar-refractivity contribution < 1.29 is 22.7 Å². The number of halogens is 3. The van der Waals surface area contributed by atoms with Crippen LogP contribution in [0, 0.1) is 0 Å². The van der Waals surface area contributed by atoms with Gasteiger partial charge in [0.05, 0.1) is 13.0 Å². The van der Waals surface area contributed by atoms with E-state index in [-0.39, 0.29) is 0 Å². The molecule has 0 bridgehead atoms. The highest BCUT2D eigenvalue weighted by atomic mass is 19.4. The standard InChI is InChI=1S/C16H16F3NO2/c1-10(15(21)20-9-16(17,18)19)11-3-4-13-8-14(22-2)6-5-12(13)7-11/h3-8,10H,9H2,1-2H3,(H,20,21)/t10-/m0/s1. The zero-order valence-corrected chi connectivity index (χ0v) is 12.2. The van der Waals surface area contributed by atoms with Crippen LogP contribution in [0.4, 0.5) is 13.2 Å². The number of ether oxygens (including phenoxy) is 1. The normalized spacial score (nSPS) is 13.0. The van der Waals surface area contributed by atoms with Crippen LogP contribution >= 0.6 is 0 Å². The van der Waals surface area contributed by atoms with Gasteiger partial charge in [0.2, 0.25) is 5.91 Å². The second-order valence-corrected chi connectivity index (χ2v) is 5.03. The molecule has 0 aliphatic carbocycles. The molecule has 2 rings (SSSR count). The summed E-state index contributed by atoms with van der Waals surface area (Å²) in [6, 6.07) is 10.8. The number of hydrogen-bond donors (Lipinski definition) is 1. The fourth-order valence-electron chi connectivity index (χ4n) is 2.13. The molecule has 0 fully saturated rings. The Balaban J connectivity index is 2.17. The highest BCUT2D eigenvalue weighted by Crippen LogP contribution is 2.25. The summed E-state index contributed by atoms with van der Waals surface area (Å²) in [6.45, 7) is 0.261. The van der Waals surface area contributed by atoms with Crippen LogP contribution in [-0.2, 0) is 4.79 Å². The molecule has 3 nitrogen and oxygen atoms in total. The van der Waals surface area contributed by atoms with E-state index in [1.165, 1.54) is 0 Å². The fraction of sp³-hybridized carbons (Fsp3) is 0.312. The Labute approximate surface area is 126 Å². The van der Waals surface area contributed by atoms with Crippen molar-refractivity contribution in [3.8, 4) is 5.75 Å². The van der Waals surface area contributed by atoms with E-state index in [1.807, 2.05) is 23.5 Å². The van der Waals surface area contributed by atoms with Crippen LogP contribution in [0.1, 0.15) is 18.4 Å². The summed E-state index contributed by atoms with van der Waals surface area (Å²) in [5.41, 5.74) is 0.664. The number of carbonyl (C=O) groups excluding carboxylic acids is 1. The lowest BCUT2D eigenvalue weighted by molar-refractivity contribution is -0.139. The van der Waals surface area contributed by atoms with Gasteiger partial charge in [0.1, 0.15) is 12.3 Å². The van der Waals surface area contributed by atoms with Crippen LogP contribution in [-0.4, -0.2) is 25.7 Å². The molecule has 0 saturated heterocycles. The molecule has 1 N–H and O–H groups in total. The van der Waals surface area contributed by atoms with E-state index in [0.717, 1.165) is 16.5 Å². The summed E-state index contributed by atoms with van der Waals surface area (Å²) in [5, 5.41) is 3.74. The van der Waals surface area contributed by atoms with Gasteiger partial charge in [0.25, 0.3) is 0 Å². The minimum absolute atomic E-state index is 0.648. The predicted molar refractivity (Wildman–Crippen MR) is 78.0 cm³/mol. The van der Waals surface area contributed by atoms with Crippen LogP contribution in [0.15, 0.2) is 36.4 Å². The number of nitrogens with one attached hydrogen (secondary N) is 1. The molecule has 6 heteroatoms. The maximum absolute atomic E-state index is 12.1. The number of methoxy groups -OCH3 is 1. The summed E-state index contributed by atoms with van der Waals surface area (Å²) in [4.78, 5) is 11.8. The topological polar surface area (TPSA) is 38.3 Å². The number of hydrogen-bond acceptors (Lipinski definition) is 2. The number of rotatable bonds is 4. The molecular weight excluding hydrogens is 295 g/mol. The first-order chi connectivity index (χ1) is 10.3. The lowest BCUT2D eigenvalue weighted by atomic mass is 9.97. The first-order valence-corrected chi connectivity index (χ1v) is 6.72. The fourth-order valence-corrected chi connectivity index (χ4v) is 2.13. The van der Waals surface area contributed by atoms with Crippen molar-refractivity contribution in [1.29, 1.82) is 0 Å². The molecule has 0 aromatic heterocycles. The number of fused-ring (bicyclic) bond motifs is 1. The molecule has 2 aromatic rings. The Morgan fingerprint density at radius 2 is 1.82 bits per heavy atom. The van der Waals surface area contributed by atoms with E-state index < -0.39 is 24.5 Å². The number of benzene rings is 2. The smallest absolute Gasteiger partial charge is 0.405 e. The van der Waals surface area contributed by atoms with Crippen molar-refractivity contribution in [2.75, 3.05) is 13.7 Å². The van der Waals surface area contributed by atoms with E-state index in [0.29, 0.717) is 5.56 Å². The molecule has 0 radical (unpaired) electrons. The maximum Gasteiger partial charge on any atom is 0.405 e. The van der Waals surface area contributed by atoms with Gasteiger partial charge in [-0.25, -0.2) is 0 Å². The lowest BCUT2D eigenvalue weighted by Gasteiger charge is -2.14. The van der Waals surface area contributed by atoms with Gasteiger partial charge in [-0.05, 0) is 35.4 Å². The molecule has 118 valence electrons. The van der Waals surface area contributed by atoms with Crippen LogP contribution in [0.3, 0.4) is 0 Å². The molecule has 0 heterocycles. The Morgan fingerprint density at radius 3 is 2.45 bits per heavy atom.